The lowest BCUT2D eigenvalue weighted by Gasteiger charge is -2.01. The second-order valence-corrected chi connectivity index (χ2v) is 4.61. The van der Waals surface area contributed by atoms with Crippen LogP contribution >= 0.6 is 15.9 Å². The van der Waals surface area contributed by atoms with Crippen molar-refractivity contribution in [2.75, 3.05) is 0 Å². The van der Waals surface area contributed by atoms with Gasteiger partial charge in [-0.1, -0.05) is 6.07 Å². The molecule has 0 aliphatic carbocycles. The van der Waals surface area contributed by atoms with Gasteiger partial charge in [0, 0.05) is 6.20 Å². The number of pyridine rings is 1. The zero-order chi connectivity index (χ0) is 13.4. The van der Waals surface area contributed by atoms with Gasteiger partial charge in [0.2, 0.25) is 0 Å². The summed E-state index contributed by atoms with van der Waals surface area (Å²) in [5, 5.41) is 9.05. The van der Waals surface area contributed by atoms with Crippen LogP contribution in [0.1, 0.15) is 5.56 Å². The highest BCUT2D eigenvalue weighted by atomic mass is 79.9. The molecule has 0 aliphatic heterocycles. The topological polar surface area (TPSA) is 65.4 Å². The minimum Gasteiger partial charge on any atom is -0.338 e. The first-order chi connectivity index (χ1) is 9.20. The number of imidazole rings is 1. The zero-order valence-electron chi connectivity index (χ0n) is 9.48. The van der Waals surface area contributed by atoms with Gasteiger partial charge >= 0.3 is 0 Å². The van der Waals surface area contributed by atoms with Crippen LogP contribution in [-0.4, -0.2) is 15.0 Å². The summed E-state index contributed by atoms with van der Waals surface area (Å²) < 4.78 is 14.5. The van der Waals surface area contributed by atoms with E-state index < -0.39 is 5.82 Å². The Labute approximate surface area is 116 Å². The molecule has 0 spiro atoms. The van der Waals surface area contributed by atoms with Crippen LogP contribution in [-0.2, 0) is 0 Å². The lowest BCUT2D eigenvalue weighted by molar-refractivity contribution is 0.630. The number of halogens is 2. The molecule has 3 rings (SSSR count). The van der Waals surface area contributed by atoms with Crippen LogP contribution in [0.5, 0.6) is 0 Å². The Morgan fingerprint density at radius 1 is 1.32 bits per heavy atom. The van der Waals surface area contributed by atoms with Gasteiger partial charge in [-0.25, -0.2) is 14.4 Å². The summed E-state index contributed by atoms with van der Waals surface area (Å²) in [4.78, 5) is 11.3. The molecule has 0 amide bonds. The number of rotatable bonds is 1. The number of hydrogen-bond donors (Lipinski definition) is 1. The summed E-state index contributed by atoms with van der Waals surface area (Å²) in [7, 11) is 0. The zero-order valence-corrected chi connectivity index (χ0v) is 11.1. The summed E-state index contributed by atoms with van der Waals surface area (Å²) in [6.45, 7) is 0. The third-order valence-corrected chi connectivity index (χ3v) is 3.31. The number of H-pyrrole nitrogens is 1. The molecule has 3 aromatic rings. The number of nitrogens with one attached hydrogen (secondary N) is 1. The smallest absolute Gasteiger partial charge is 0.142 e. The lowest BCUT2D eigenvalue weighted by atomic mass is 10.1. The van der Waals surface area contributed by atoms with Crippen LogP contribution in [0.4, 0.5) is 4.39 Å². The van der Waals surface area contributed by atoms with Gasteiger partial charge in [0.15, 0.2) is 0 Å². The highest BCUT2D eigenvalue weighted by Gasteiger charge is 2.15. The monoisotopic (exact) mass is 316 g/mol. The molecule has 0 saturated heterocycles. The molecule has 0 atom stereocenters. The molecule has 92 valence electrons. The van der Waals surface area contributed by atoms with Crippen LogP contribution in [0.25, 0.3) is 22.4 Å². The van der Waals surface area contributed by atoms with Gasteiger partial charge in [-0.15, -0.1) is 0 Å². The molecule has 0 radical (unpaired) electrons. The quantitative estimate of drug-likeness (QED) is 0.700. The second kappa shape index (κ2) is 4.44. The minimum absolute atomic E-state index is 0.174. The van der Waals surface area contributed by atoms with E-state index in [4.69, 9.17) is 5.26 Å². The summed E-state index contributed by atoms with van der Waals surface area (Å²) in [5.74, 6) is -0.166. The van der Waals surface area contributed by atoms with Crippen molar-refractivity contribution in [3.8, 4) is 17.5 Å². The van der Waals surface area contributed by atoms with Gasteiger partial charge in [0.05, 0.1) is 22.7 Å². The summed E-state index contributed by atoms with van der Waals surface area (Å²) in [5.41, 5.74) is 1.74. The Kier molecular flexibility index (Phi) is 2.76. The molecular formula is C13H6BrFN4. The first-order valence-electron chi connectivity index (χ1n) is 5.40. The molecule has 0 fully saturated rings. The molecule has 0 bridgehead atoms. The molecule has 19 heavy (non-hydrogen) atoms. The normalized spacial score (nSPS) is 10.6. The van der Waals surface area contributed by atoms with E-state index in [2.05, 4.69) is 30.9 Å². The fraction of sp³-hybridized carbons (Fsp3) is 0. The molecule has 4 nitrogen and oxygen atoms in total. The van der Waals surface area contributed by atoms with Crippen LogP contribution < -0.4 is 0 Å². The van der Waals surface area contributed by atoms with Crippen molar-refractivity contribution in [3.05, 3.63) is 46.4 Å². The predicted octanol–water partition coefficient (Wildman–Crippen LogP) is 3.40. The van der Waals surface area contributed by atoms with E-state index in [9.17, 15) is 4.39 Å². The minimum atomic E-state index is -0.484. The number of hydrogen-bond acceptors (Lipinski definition) is 3. The Morgan fingerprint density at radius 3 is 2.89 bits per heavy atom. The van der Waals surface area contributed by atoms with Crippen molar-refractivity contribution in [1.82, 2.24) is 15.0 Å². The average molecular weight is 317 g/mol. The van der Waals surface area contributed by atoms with Gasteiger partial charge in [0.25, 0.3) is 0 Å². The maximum absolute atomic E-state index is 13.9. The van der Waals surface area contributed by atoms with Crippen molar-refractivity contribution in [2.45, 2.75) is 0 Å². The molecule has 2 heterocycles. The van der Waals surface area contributed by atoms with E-state index in [-0.39, 0.29) is 11.1 Å². The number of aromatic nitrogens is 3. The lowest BCUT2D eigenvalue weighted by Crippen LogP contribution is -1.91. The number of benzene rings is 1. The van der Waals surface area contributed by atoms with Crippen LogP contribution in [0.15, 0.2) is 35.1 Å². The van der Waals surface area contributed by atoms with E-state index >= 15 is 0 Å². The van der Waals surface area contributed by atoms with Gasteiger partial charge in [-0.2, -0.15) is 5.26 Å². The molecule has 0 unspecified atom stereocenters. The molecule has 1 N–H and O–H groups in total. The van der Waals surface area contributed by atoms with Crippen molar-refractivity contribution < 1.29 is 4.39 Å². The molecule has 0 aliphatic rings. The maximum Gasteiger partial charge on any atom is 0.142 e. The largest absolute Gasteiger partial charge is 0.338 e. The first-order valence-corrected chi connectivity index (χ1v) is 6.19. The van der Waals surface area contributed by atoms with Gasteiger partial charge < -0.3 is 4.98 Å². The highest BCUT2D eigenvalue weighted by Crippen LogP contribution is 2.28. The van der Waals surface area contributed by atoms with Crippen LogP contribution in [0.3, 0.4) is 0 Å². The fourth-order valence-corrected chi connectivity index (χ4v) is 2.30. The first kappa shape index (κ1) is 11.8. The Morgan fingerprint density at radius 2 is 2.16 bits per heavy atom. The van der Waals surface area contributed by atoms with Crippen molar-refractivity contribution in [3.63, 3.8) is 0 Å². The number of nitriles is 1. The third kappa shape index (κ3) is 1.88. The number of nitrogens with zero attached hydrogens (tertiary/aromatic N) is 3. The molecule has 0 saturated carbocycles. The van der Waals surface area contributed by atoms with Gasteiger partial charge in [-0.05, 0) is 34.1 Å². The molecular weight excluding hydrogens is 311 g/mol. The van der Waals surface area contributed by atoms with E-state index in [1.807, 2.05) is 6.07 Å². The maximum atomic E-state index is 13.9. The fourth-order valence-electron chi connectivity index (χ4n) is 1.88. The van der Waals surface area contributed by atoms with Gasteiger partial charge in [0.1, 0.15) is 21.8 Å². The molecule has 6 heteroatoms. The van der Waals surface area contributed by atoms with E-state index in [1.165, 1.54) is 12.1 Å². The average Bonchev–Trinajstić information content (AvgIpc) is 2.83. The van der Waals surface area contributed by atoms with E-state index in [1.54, 1.807) is 18.3 Å². The highest BCUT2D eigenvalue weighted by molar-refractivity contribution is 9.10. The Balaban J connectivity index is 2.32. The summed E-state index contributed by atoms with van der Waals surface area (Å²) in [6, 6.07) is 8.06. The number of aromatic amines is 1. The van der Waals surface area contributed by atoms with E-state index in [0.717, 1.165) is 5.52 Å². The van der Waals surface area contributed by atoms with Crippen molar-refractivity contribution in [2.24, 2.45) is 0 Å². The predicted molar refractivity (Wildman–Crippen MR) is 71.7 cm³/mol. The standard InChI is InChI=1S/C13H6BrFN4/c14-12-11-9(4-5-17-12)18-13(19-11)10-7(6-16)2-1-3-8(10)15/h1-5H,(H,18,19). The second-order valence-electron chi connectivity index (χ2n) is 3.86. The van der Waals surface area contributed by atoms with Crippen molar-refractivity contribution >= 4 is 27.0 Å². The Bertz CT molecular complexity index is 819. The SMILES string of the molecule is N#Cc1cccc(F)c1-c1nc2c(Br)nccc2[nH]1. The Hall–Kier alpha value is -2.26. The third-order valence-electron chi connectivity index (χ3n) is 2.73. The van der Waals surface area contributed by atoms with Crippen molar-refractivity contribution in [1.29, 1.82) is 5.26 Å². The van der Waals surface area contributed by atoms with Crippen LogP contribution in [0.2, 0.25) is 0 Å². The van der Waals surface area contributed by atoms with E-state index in [0.29, 0.717) is 15.9 Å². The molecule has 2 aromatic heterocycles. The summed E-state index contributed by atoms with van der Waals surface area (Å²) >= 11 is 3.28. The molecule has 1 aromatic carbocycles. The van der Waals surface area contributed by atoms with Gasteiger partial charge in [-0.3, -0.25) is 0 Å². The van der Waals surface area contributed by atoms with Crippen LogP contribution in [0, 0.1) is 17.1 Å². The summed E-state index contributed by atoms with van der Waals surface area (Å²) in [6.07, 6.45) is 1.61. The number of fused-ring (bicyclic) bond motifs is 1.